The highest BCUT2D eigenvalue weighted by Crippen LogP contribution is 2.20. The number of aliphatic hydroxyl groups excluding tert-OH is 1. The van der Waals surface area contributed by atoms with E-state index in [0.717, 1.165) is 0 Å². The maximum atomic E-state index is 11.8. The van der Waals surface area contributed by atoms with Crippen molar-refractivity contribution in [2.24, 2.45) is 0 Å². The van der Waals surface area contributed by atoms with Crippen molar-refractivity contribution in [3.05, 3.63) is 33.8 Å². The molecule has 0 saturated carbocycles. The van der Waals surface area contributed by atoms with Crippen LogP contribution in [0.3, 0.4) is 0 Å². The predicted octanol–water partition coefficient (Wildman–Crippen LogP) is 1.56. The summed E-state index contributed by atoms with van der Waals surface area (Å²) < 4.78 is 0. The average Bonchev–Trinajstić information content (AvgIpc) is 2.28. The van der Waals surface area contributed by atoms with E-state index in [4.69, 9.17) is 28.3 Å². The number of carbonyl (C=O) groups excluding carboxylic acids is 1. The summed E-state index contributed by atoms with van der Waals surface area (Å²) in [4.78, 5) is 22.6. The number of hydrogen-bond donors (Lipinski definition) is 3. The van der Waals surface area contributed by atoms with Gasteiger partial charge >= 0.3 is 5.97 Å². The largest absolute Gasteiger partial charge is 0.480 e. The number of hydrogen-bond acceptors (Lipinski definition) is 3. The van der Waals surface area contributed by atoms with Crippen molar-refractivity contribution in [2.75, 3.05) is 0 Å². The molecule has 2 atom stereocenters. The van der Waals surface area contributed by atoms with Crippen LogP contribution in [0.2, 0.25) is 10.0 Å². The number of benzene rings is 1. The van der Waals surface area contributed by atoms with Crippen molar-refractivity contribution >= 4 is 35.1 Å². The van der Waals surface area contributed by atoms with Crippen molar-refractivity contribution in [3.8, 4) is 0 Å². The zero-order chi connectivity index (χ0) is 13.9. The molecule has 0 bridgehead atoms. The van der Waals surface area contributed by atoms with Crippen molar-refractivity contribution in [2.45, 2.75) is 19.1 Å². The lowest BCUT2D eigenvalue weighted by Gasteiger charge is -2.17. The van der Waals surface area contributed by atoms with E-state index in [0.29, 0.717) is 5.02 Å². The second-order valence-corrected chi connectivity index (χ2v) is 4.50. The Hall–Kier alpha value is -1.30. The average molecular weight is 292 g/mol. The molecule has 0 aliphatic carbocycles. The van der Waals surface area contributed by atoms with E-state index >= 15 is 0 Å². The van der Waals surface area contributed by atoms with Gasteiger partial charge in [-0.05, 0) is 25.1 Å². The van der Waals surface area contributed by atoms with Gasteiger partial charge in [0.15, 0.2) is 6.04 Å². The Bertz CT molecular complexity index is 476. The third kappa shape index (κ3) is 3.60. The molecule has 98 valence electrons. The summed E-state index contributed by atoms with van der Waals surface area (Å²) in [6, 6.07) is 2.84. The fourth-order valence-corrected chi connectivity index (χ4v) is 1.65. The summed E-state index contributed by atoms with van der Waals surface area (Å²) in [5, 5.41) is 20.7. The summed E-state index contributed by atoms with van der Waals surface area (Å²) in [5.41, 5.74) is 0.0519. The predicted molar refractivity (Wildman–Crippen MR) is 67.0 cm³/mol. The minimum absolute atomic E-state index is 0.0519. The molecule has 0 aromatic heterocycles. The normalized spacial score (nSPS) is 13.8. The topological polar surface area (TPSA) is 86.6 Å². The van der Waals surface area contributed by atoms with E-state index in [9.17, 15) is 14.7 Å². The molecule has 0 heterocycles. The molecule has 0 spiro atoms. The van der Waals surface area contributed by atoms with Crippen LogP contribution in [0.25, 0.3) is 0 Å². The lowest BCUT2D eigenvalue weighted by Crippen LogP contribution is -2.47. The molecule has 5 nitrogen and oxygen atoms in total. The first-order valence-corrected chi connectivity index (χ1v) is 5.75. The molecule has 1 amide bonds. The first-order chi connectivity index (χ1) is 8.32. The van der Waals surface area contributed by atoms with Gasteiger partial charge in [0.2, 0.25) is 0 Å². The second-order valence-electron chi connectivity index (χ2n) is 3.65. The van der Waals surface area contributed by atoms with Crippen molar-refractivity contribution < 1.29 is 19.8 Å². The Labute approximate surface area is 113 Å². The lowest BCUT2D eigenvalue weighted by atomic mass is 10.1. The van der Waals surface area contributed by atoms with E-state index in [1.807, 2.05) is 0 Å². The van der Waals surface area contributed by atoms with E-state index in [1.165, 1.54) is 25.1 Å². The molecule has 0 aliphatic heterocycles. The zero-order valence-electron chi connectivity index (χ0n) is 9.35. The molecule has 0 unspecified atom stereocenters. The Morgan fingerprint density at radius 2 is 1.94 bits per heavy atom. The Morgan fingerprint density at radius 3 is 2.44 bits per heavy atom. The zero-order valence-corrected chi connectivity index (χ0v) is 10.9. The molecular formula is C11H11Cl2NO4. The number of nitrogens with one attached hydrogen (secondary N) is 1. The number of rotatable bonds is 4. The number of carboxylic acid groups (broad SMARTS) is 1. The Morgan fingerprint density at radius 1 is 1.33 bits per heavy atom. The van der Waals surface area contributed by atoms with Crippen molar-refractivity contribution in [1.82, 2.24) is 5.32 Å². The Balaban J connectivity index is 2.94. The van der Waals surface area contributed by atoms with Gasteiger partial charge in [-0.2, -0.15) is 0 Å². The van der Waals surface area contributed by atoms with Gasteiger partial charge in [0.25, 0.3) is 5.91 Å². The number of aliphatic hydroxyl groups is 1. The molecule has 0 radical (unpaired) electrons. The highest BCUT2D eigenvalue weighted by atomic mass is 35.5. The van der Waals surface area contributed by atoms with Crippen LogP contribution < -0.4 is 5.32 Å². The highest BCUT2D eigenvalue weighted by molar-refractivity contribution is 6.35. The van der Waals surface area contributed by atoms with E-state index < -0.39 is 24.0 Å². The molecule has 18 heavy (non-hydrogen) atoms. The van der Waals surface area contributed by atoms with Gasteiger partial charge in [-0.3, -0.25) is 4.79 Å². The van der Waals surface area contributed by atoms with Gasteiger partial charge in [0.05, 0.1) is 16.7 Å². The monoisotopic (exact) mass is 291 g/mol. The third-order valence-electron chi connectivity index (χ3n) is 2.21. The number of aliphatic carboxylic acids is 1. The summed E-state index contributed by atoms with van der Waals surface area (Å²) in [6.07, 6.45) is -1.23. The van der Waals surface area contributed by atoms with Gasteiger partial charge < -0.3 is 15.5 Å². The van der Waals surface area contributed by atoms with Gasteiger partial charge in [-0.25, -0.2) is 4.79 Å². The molecule has 7 heteroatoms. The summed E-state index contributed by atoms with van der Waals surface area (Å²) in [6.45, 7) is 1.26. The van der Waals surface area contributed by atoms with Crippen LogP contribution in [0.1, 0.15) is 17.3 Å². The number of amides is 1. The molecule has 1 rings (SSSR count). The molecular weight excluding hydrogens is 281 g/mol. The van der Waals surface area contributed by atoms with Gasteiger partial charge in [0, 0.05) is 5.02 Å². The number of halogens is 2. The molecule has 3 N–H and O–H groups in total. The van der Waals surface area contributed by atoms with Crippen molar-refractivity contribution in [1.29, 1.82) is 0 Å². The van der Waals surface area contributed by atoms with Crippen LogP contribution >= 0.6 is 23.2 Å². The summed E-state index contributed by atoms with van der Waals surface area (Å²) in [7, 11) is 0. The molecule has 1 aromatic rings. The van der Waals surface area contributed by atoms with Crippen LogP contribution in [-0.2, 0) is 4.79 Å². The number of carboxylic acids is 1. The lowest BCUT2D eigenvalue weighted by molar-refractivity contribution is -0.141. The van der Waals surface area contributed by atoms with E-state index in [1.54, 1.807) is 0 Å². The van der Waals surface area contributed by atoms with E-state index in [-0.39, 0.29) is 10.6 Å². The minimum atomic E-state index is -1.41. The maximum absolute atomic E-state index is 11.8. The fraction of sp³-hybridized carbons (Fsp3) is 0.273. The summed E-state index contributed by atoms with van der Waals surface area (Å²) >= 11 is 11.5. The smallest absolute Gasteiger partial charge is 0.328 e. The van der Waals surface area contributed by atoms with Gasteiger partial charge in [0.1, 0.15) is 0 Å². The fourth-order valence-electron chi connectivity index (χ4n) is 1.28. The SMILES string of the molecule is C[C@@H](O)[C@H](NC(=O)c1cc(Cl)ccc1Cl)C(=O)O. The van der Waals surface area contributed by atoms with Crippen LogP contribution in [0.5, 0.6) is 0 Å². The maximum Gasteiger partial charge on any atom is 0.328 e. The summed E-state index contributed by atoms with van der Waals surface area (Å²) in [5.74, 6) is -2.05. The van der Waals surface area contributed by atoms with E-state index in [2.05, 4.69) is 5.32 Å². The quantitative estimate of drug-likeness (QED) is 0.786. The first kappa shape index (κ1) is 14.8. The molecule has 0 aliphatic rings. The standard InChI is InChI=1S/C11H11Cl2NO4/c1-5(15)9(11(17)18)14-10(16)7-4-6(12)2-3-8(7)13/h2-5,9,15H,1H3,(H,14,16)(H,17,18)/t5-,9+/m1/s1. The van der Waals surface area contributed by atoms with Crippen LogP contribution in [0.15, 0.2) is 18.2 Å². The first-order valence-electron chi connectivity index (χ1n) is 4.99. The third-order valence-corrected chi connectivity index (χ3v) is 2.77. The van der Waals surface area contributed by atoms with Gasteiger partial charge in [-0.15, -0.1) is 0 Å². The van der Waals surface area contributed by atoms with Crippen LogP contribution in [-0.4, -0.2) is 34.2 Å². The number of carbonyl (C=O) groups is 2. The minimum Gasteiger partial charge on any atom is -0.480 e. The van der Waals surface area contributed by atoms with Crippen LogP contribution in [0, 0.1) is 0 Å². The molecule has 0 fully saturated rings. The van der Waals surface area contributed by atoms with Crippen molar-refractivity contribution in [3.63, 3.8) is 0 Å². The van der Waals surface area contributed by atoms with Crippen LogP contribution in [0.4, 0.5) is 0 Å². The molecule has 1 aromatic carbocycles. The second kappa shape index (κ2) is 6.04. The Kier molecular flexibility index (Phi) is 4.95. The highest BCUT2D eigenvalue weighted by Gasteiger charge is 2.26. The van der Waals surface area contributed by atoms with Gasteiger partial charge in [-0.1, -0.05) is 23.2 Å². The molecule has 0 saturated heterocycles.